The molecule has 21 heavy (non-hydrogen) atoms. The van der Waals surface area contributed by atoms with Gasteiger partial charge in [-0.05, 0) is 67.2 Å². The van der Waals surface area contributed by atoms with Gasteiger partial charge in [0.2, 0.25) is 0 Å². The first-order valence-electron chi connectivity index (χ1n) is 6.96. The number of halogens is 2. The summed E-state index contributed by atoms with van der Waals surface area (Å²) in [4.78, 5) is 11.8. The molecule has 116 valence electrons. The summed E-state index contributed by atoms with van der Waals surface area (Å²) in [5.74, 6) is -0.263. The standard InChI is InChI=1S/C15H20BrFN2O2/c1-15(2,3)21-14(20)19-11-5-4-9-6-10(17)7-12(16)13(9)18-8-11/h6-7,11,18H,4-5,8H2,1-3H3,(H,19,20). The Hall–Kier alpha value is -1.30. The molecule has 0 saturated heterocycles. The minimum Gasteiger partial charge on any atom is -0.444 e. The summed E-state index contributed by atoms with van der Waals surface area (Å²) in [5.41, 5.74) is 1.29. The fourth-order valence-electron chi connectivity index (χ4n) is 2.28. The van der Waals surface area contributed by atoms with Gasteiger partial charge in [-0.3, -0.25) is 0 Å². The lowest BCUT2D eigenvalue weighted by molar-refractivity contribution is 0.0505. The van der Waals surface area contributed by atoms with Crippen LogP contribution < -0.4 is 10.6 Å². The van der Waals surface area contributed by atoms with Gasteiger partial charge in [-0.1, -0.05) is 0 Å². The van der Waals surface area contributed by atoms with Crippen LogP contribution in [0.1, 0.15) is 32.8 Å². The lowest BCUT2D eigenvalue weighted by Gasteiger charge is -2.23. The van der Waals surface area contributed by atoms with Gasteiger partial charge < -0.3 is 15.4 Å². The molecule has 0 aromatic heterocycles. The second-order valence-corrected chi connectivity index (χ2v) is 7.04. The monoisotopic (exact) mass is 358 g/mol. The predicted octanol–water partition coefficient (Wildman–Crippen LogP) is 3.84. The van der Waals surface area contributed by atoms with E-state index in [9.17, 15) is 9.18 Å². The molecule has 1 heterocycles. The molecule has 1 aromatic rings. The largest absolute Gasteiger partial charge is 0.444 e. The van der Waals surface area contributed by atoms with E-state index in [0.717, 1.165) is 17.7 Å². The number of fused-ring (bicyclic) bond motifs is 1. The summed E-state index contributed by atoms with van der Waals surface area (Å²) in [5, 5.41) is 6.11. The van der Waals surface area contributed by atoms with Crippen molar-refractivity contribution in [3.63, 3.8) is 0 Å². The number of nitrogens with one attached hydrogen (secondary N) is 2. The average Bonchev–Trinajstić information content (AvgIpc) is 2.49. The molecule has 2 rings (SSSR count). The van der Waals surface area contributed by atoms with Crippen LogP contribution in [0.3, 0.4) is 0 Å². The number of alkyl carbamates (subject to hydrolysis) is 1. The van der Waals surface area contributed by atoms with Crippen molar-refractivity contribution in [2.75, 3.05) is 11.9 Å². The number of amides is 1. The van der Waals surface area contributed by atoms with Crippen LogP contribution in [0.4, 0.5) is 14.9 Å². The molecule has 1 amide bonds. The number of hydrogen-bond acceptors (Lipinski definition) is 3. The van der Waals surface area contributed by atoms with E-state index in [1.54, 1.807) is 0 Å². The Kier molecular flexibility index (Phi) is 4.76. The molecule has 0 saturated carbocycles. The van der Waals surface area contributed by atoms with E-state index in [1.807, 2.05) is 20.8 Å². The molecule has 0 radical (unpaired) electrons. The van der Waals surface area contributed by atoms with Crippen molar-refractivity contribution >= 4 is 27.7 Å². The summed E-state index contributed by atoms with van der Waals surface area (Å²) in [6, 6.07) is 2.92. The molecule has 1 aliphatic rings. The maximum Gasteiger partial charge on any atom is 0.407 e. The number of anilines is 1. The maximum atomic E-state index is 13.4. The molecular weight excluding hydrogens is 339 g/mol. The molecule has 4 nitrogen and oxygen atoms in total. The Morgan fingerprint density at radius 2 is 2.19 bits per heavy atom. The molecule has 0 bridgehead atoms. The number of rotatable bonds is 1. The second kappa shape index (κ2) is 6.22. The molecule has 0 fully saturated rings. The number of benzene rings is 1. The van der Waals surface area contributed by atoms with Crippen molar-refractivity contribution < 1.29 is 13.9 Å². The summed E-state index contributed by atoms with van der Waals surface area (Å²) >= 11 is 3.36. The van der Waals surface area contributed by atoms with E-state index in [2.05, 4.69) is 26.6 Å². The first-order valence-corrected chi connectivity index (χ1v) is 7.75. The van der Waals surface area contributed by atoms with Crippen LogP contribution in [-0.4, -0.2) is 24.3 Å². The predicted molar refractivity (Wildman–Crippen MR) is 84.1 cm³/mol. The van der Waals surface area contributed by atoms with Crippen LogP contribution in [0.5, 0.6) is 0 Å². The molecular formula is C15H20BrFN2O2. The smallest absolute Gasteiger partial charge is 0.407 e. The highest BCUT2D eigenvalue weighted by Gasteiger charge is 2.22. The van der Waals surface area contributed by atoms with Gasteiger partial charge in [-0.2, -0.15) is 0 Å². The molecule has 0 aliphatic carbocycles. The van der Waals surface area contributed by atoms with Crippen LogP contribution in [0, 0.1) is 5.82 Å². The van der Waals surface area contributed by atoms with E-state index in [0.29, 0.717) is 17.4 Å². The van der Waals surface area contributed by atoms with Gasteiger partial charge >= 0.3 is 6.09 Å². The molecule has 1 aliphatic heterocycles. The number of aryl methyl sites for hydroxylation is 1. The van der Waals surface area contributed by atoms with Crippen molar-refractivity contribution in [1.82, 2.24) is 5.32 Å². The van der Waals surface area contributed by atoms with Gasteiger partial charge in [0.25, 0.3) is 0 Å². The van der Waals surface area contributed by atoms with Crippen LogP contribution in [0.2, 0.25) is 0 Å². The normalized spacial score (nSPS) is 18.2. The van der Waals surface area contributed by atoms with Crippen molar-refractivity contribution in [3.05, 3.63) is 28.0 Å². The molecule has 2 N–H and O–H groups in total. The Labute approximate surface area is 132 Å². The van der Waals surface area contributed by atoms with E-state index < -0.39 is 11.7 Å². The number of carbonyl (C=O) groups is 1. The van der Waals surface area contributed by atoms with Gasteiger partial charge in [0.05, 0.1) is 5.69 Å². The highest BCUT2D eigenvalue weighted by atomic mass is 79.9. The lowest BCUT2D eigenvalue weighted by atomic mass is 10.1. The van der Waals surface area contributed by atoms with E-state index >= 15 is 0 Å². The van der Waals surface area contributed by atoms with E-state index in [1.165, 1.54) is 12.1 Å². The van der Waals surface area contributed by atoms with E-state index in [4.69, 9.17) is 4.74 Å². The first kappa shape index (κ1) is 16.1. The van der Waals surface area contributed by atoms with Gasteiger partial charge in [-0.15, -0.1) is 0 Å². The minimum absolute atomic E-state index is 0.0535. The third kappa shape index (κ3) is 4.59. The van der Waals surface area contributed by atoms with Gasteiger partial charge in [0, 0.05) is 17.1 Å². The summed E-state index contributed by atoms with van der Waals surface area (Å²) in [6.45, 7) is 6.06. The summed E-state index contributed by atoms with van der Waals surface area (Å²) in [7, 11) is 0. The maximum absolute atomic E-state index is 13.4. The quantitative estimate of drug-likeness (QED) is 0.801. The number of hydrogen-bond donors (Lipinski definition) is 2. The molecule has 1 atom stereocenters. The minimum atomic E-state index is -0.517. The van der Waals surface area contributed by atoms with Crippen molar-refractivity contribution in [1.29, 1.82) is 0 Å². The van der Waals surface area contributed by atoms with Crippen LogP contribution in [-0.2, 0) is 11.2 Å². The molecule has 0 spiro atoms. The highest BCUT2D eigenvalue weighted by molar-refractivity contribution is 9.10. The Balaban J connectivity index is 2.00. The number of carbonyl (C=O) groups excluding carboxylic acids is 1. The molecule has 1 unspecified atom stereocenters. The SMILES string of the molecule is CC(C)(C)OC(=O)NC1CCc2cc(F)cc(Br)c2NC1. The third-order valence-corrected chi connectivity index (χ3v) is 3.77. The fourth-order valence-corrected chi connectivity index (χ4v) is 2.89. The van der Waals surface area contributed by atoms with Crippen molar-refractivity contribution in [2.24, 2.45) is 0 Å². The Morgan fingerprint density at radius 1 is 1.48 bits per heavy atom. The van der Waals surface area contributed by atoms with Crippen molar-refractivity contribution in [2.45, 2.75) is 45.3 Å². The zero-order valence-corrected chi connectivity index (χ0v) is 14.0. The first-order chi connectivity index (χ1) is 9.74. The van der Waals surface area contributed by atoms with Gasteiger partial charge in [-0.25, -0.2) is 9.18 Å². The average molecular weight is 359 g/mol. The van der Waals surface area contributed by atoms with Crippen LogP contribution >= 0.6 is 15.9 Å². The fraction of sp³-hybridized carbons (Fsp3) is 0.533. The molecule has 1 aromatic carbocycles. The third-order valence-electron chi connectivity index (χ3n) is 3.14. The Morgan fingerprint density at radius 3 is 2.86 bits per heavy atom. The van der Waals surface area contributed by atoms with Gasteiger partial charge in [0.15, 0.2) is 0 Å². The van der Waals surface area contributed by atoms with E-state index in [-0.39, 0.29) is 11.9 Å². The van der Waals surface area contributed by atoms with Crippen LogP contribution in [0.25, 0.3) is 0 Å². The zero-order chi connectivity index (χ0) is 15.6. The van der Waals surface area contributed by atoms with Crippen LogP contribution in [0.15, 0.2) is 16.6 Å². The summed E-state index contributed by atoms with van der Waals surface area (Å²) in [6.07, 6.45) is 0.999. The zero-order valence-electron chi connectivity index (χ0n) is 12.4. The van der Waals surface area contributed by atoms with Crippen molar-refractivity contribution in [3.8, 4) is 0 Å². The van der Waals surface area contributed by atoms with Gasteiger partial charge in [0.1, 0.15) is 11.4 Å². The lowest BCUT2D eigenvalue weighted by Crippen LogP contribution is -2.42. The topological polar surface area (TPSA) is 50.4 Å². The summed E-state index contributed by atoms with van der Waals surface area (Å²) < 4.78 is 19.4. The second-order valence-electron chi connectivity index (χ2n) is 6.18. The molecule has 6 heteroatoms. The Bertz CT molecular complexity index is 543. The highest BCUT2D eigenvalue weighted by Crippen LogP contribution is 2.31. The number of ether oxygens (including phenoxy) is 1.